The van der Waals surface area contributed by atoms with Crippen molar-refractivity contribution in [2.45, 2.75) is 26.3 Å². The summed E-state index contributed by atoms with van der Waals surface area (Å²) >= 11 is 0. The number of rotatable bonds is 3. The van der Waals surface area contributed by atoms with Crippen molar-refractivity contribution in [2.75, 3.05) is 0 Å². The van der Waals surface area contributed by atoms with Crippen LogP contribution in [0.3, 0.4) is 0 Å². The van der Waals surface area contributed by atoms with Crippen molar-refractivity contribution in [3.8, 4) is 0 Å². The van der Waals surface area contributed by atoms with E-state index in [1.807, 2.05) is 13.8 Å². The molecule has 3 heteroatoms. The van der Waals surface area contributed by atoms with Crippen LogP contribution in [0.15, 0.2) is 18.2 Å². The first-order valence-corrected chi connectivity index (χ1v) is 4.68. The van der Waals surface area contributed by atoms with Crippen molar-refractivity contribution < 1.29 is 9.90 Å². The molecule has 0 bridgehead atoms. The normalized spacial score (nSPS) is 12.5. The molecule has 0 saturated heterocycles. The van der Waals surface area contributed by atoms with E-state index in [9.17, 15) is 4.79 Å². The zero-order valence-electron chi connectivity index (χ0n) is 8.45. The highest BCUT2D eigenvalue weighted by Gasteiger charge is 2.09. The average molecular weight is 193 g/mol. The molecule has 1 aromatic carbocycles. The van der Waals surface area contributed by atoms with Crippen LogP contribution in [-0.2, 0) is 6.42 Å². The van der Waals surface area contributed by atoms with Crippen LogP contribution in [0.5, 0.6) is 0 Å². The van der Waals surface area contributed by atoms with Gasteiger partial charge in [0, 0.05) is 6.04 Å². The van der Waals surface area contributed by atoms with Crippen molar-refractivity contribution in [2.24, 2.45) is 5.73 Å². The number of carboxylic acid groups (broad SMARTS) is 1. The molecule has 0 fully saturated rings. The Labute approximate surface area is 83.6 Å². The van der Waals surface area contributed by atoms with Crippen molar-refractivity contribution in [1.82, 2.24) is 0 Å². The summed E-state index contributed by atoms with van der Waals surface area (Å²) in [7, 11) is 0. The minimum absolute atomic E-state index is 0.0483. The standard InChI is InChI=1S/C11H15NO2/c1-3-8-6-9(11(13)14)4-5-10(8)7(2)12/h4-7H,3,12H2,1-2H3,(H,13,14). The predicted molar refractivity (Wildman–Crippen MR) is 55.4 cm³/mol. The second-order valence-electron chi connectivity index (χ2n) is 3.36. The average Bonchev–Trinajstić information content (AvgIpc) is 2.16. The van der Waals surface area contributed by atoms with Crippen LogP contribution < -0.4 is 5.73 Å². The smallest absolute Gasteiger partial charge is 0.335 e. The van der Waals surface area contributed by atoms with Gasteiger partial charge in [-0.3, -0.25) is 0 Å². The van der Waals surface area contributed by atoms with Crippen LogP contribution in [0.25, 0.3) is 0 Å². The lowest BCUT2D eigenvalue weighted by atomic mass is 9.97. The molecule has 1 unspecified atom stereocenters. The molecule has 0 aliphatic carbocycles. The highest BCUT2D eigenvalue weighted by Crippen LogP contribution is 2.18. The molecule has 76 valence electrons. The van der Waals surface area contributed by atoms with Gasteiger partial charge in [-0.2, -0.15) is 0 Å². The van der Waals surface area contributed by atoms with E-state index < -0.39 is 5.97 Å². The molecule has 14 heavy (non-hydrogen) atoms. The lowest BCUT2D eigenvalue weighted by Gasteiger charge is -2.11. The van der Waals surface area contributed by atoms with Gasteiger partial charge in [0.25, 0.3) is 0 Å². The van der Waals surface area contributed by atoms with Gasteiger partial charge in [0.15, 0.2) is 0 Å². The molecule has 0 heterocycles. The number of benzene rings is 1. The summed E-state index contributed by atoms with van der Waals surface area (Å²) < 4.78 is 0. The number of hydrogen-bond donors (Lipinski definition) is 2. The Kier molecular flexibility index (Phi) is 3.25. The van der Waals surface area contributed by atoms with E-state index in [1.165, 1.54) is 0 Å². The third kappa shape index (κ3) is 2.12. The van der Waals surface area contributed by atoms with E-state index in [-0.39, 0.29) is 6.04 Å². The molecule has 0 aromatic heterocycles. The van der Waals surface area contributed by atoms with Crippen LogP contribution in [0.2, 0.25) is 0 Å². The monoisotopic (exact) mass is 193 g/mol. The minimum Gasteiger partial charge on any atom is -0.478 e. The third-order valence-electron chi connectivity index (χ3n) is 2.26. The highest BCUT2D eigenvalue weighted by atomic mass is 16.4. The quantitative estimate of drug-likeness (QED) is 0.771. The van der Waals surface area contributed by atoms with E-state index in [0.29, 0.717) is 5.56 Å². The first-order chi connectivity index (χ1) is 6.56. The molecule has 1 rings (SSSR count). The van der Waals surface area contributed by atoms with Gasteiger partial charge in [-0.15, -0.1) is 0 Å². The largest absolute Gasteiger partial charge is 0.478 e. The topological polar surface area (TPSA) is 63.3 Å². The van der Waals surface area contributed by atoms with Gasteiger partial charge in [-0.05, 0) is 36.6 Å². The molecular formula is C11H15NO2. The second kappa shape index (κ2) is 4.24. The zero-order valence-corrected chi connectivity index (χ0v) is 8.45. The lowest BCUT2D eigenvalue weighted by molar-refractivity contribution is 0.0696. The van der Waals surface area contributed by atoms with Crippen LogP contribution >= 0.6 is 0 Å². The van der Waals surface area contributed by atoms with Gasteiger partial charge in [0.05, 0.1) is 5.56 Å². The molecule has 0 saturated carbocycles. The van der Waals surface area contributed by atoms with Crippen LogP contribution in [-0.4, -0.2) is 11.1 Å². The predicted octanol–water partition coefficient (Wildman–Crippen LogP) is 1.97. The SMILES string of the molecule is CCc1cc(C(=O)O)ccc1C(C)N. The third-order valence-corrected chi connectivity index (χ3v) is 2.26. The van der Waals surface area contributed by atoms with E-state index >= 15 is 0 Å². The Morgan fingerprint density at radius 2 is 2.21 bits per heavy atom. The van der Waals surface area contributed by atoms with Crippen LogP contribution in [0.1, 0.15) is 41.4 Å². The zero-order chi connectivity index (χ0) is 10.7. The fraction of sp³-hybridized carbons (Fsp3) is 0.364. The van der Waals surface area contributed by atoms with E-state index in [4.69, 9.17) is 10.8 Å². The molecule has 3 N–H and O–H groups in total. The maximum atomic E-state index is 10.7. The molecule has 0 aliphatic rings. The minimum atomic E-state index is -0.893. The van der Waals surface area contributed by atoms with Crippen molar-refractivity contribution in [3.63, 3.8) is 0 Å². The summed E-state index contributed by atoms with van der Waals surface area (Å²) in [5.74, 6) is -0.893. The maximum absolute atomic E-state index is 10.7. The van der Waals surface area contributed by atoms with Gasteiger partial charge in [0.1, 0.15) is 0 Å². The number of carbonyl (C=O) groups is 1. The lowest BCUT2D eigenvalue weighted by Crippen LogP contribution is -2.09. The number of aryl methyl sites for hydroxylation is 1. The Hall–Kier alpha value is -1.35. The van der Waals surface area contributed by atoms with E-state index in [0.717, 1.165) is 17.5 Å². The molecule has 0 radical (unpaired) electrons. The summed E-state index contributed by atoms with van der Waals surface area (Å²) in [4.78, 5) is 10.7. The molecule has 0 spiro atoms. The van der Waals surface area contributed by atoms with Crippen molar-refractivity contribution in [3.05, 3.63) is 34.9 Å². The molecule has 1 aromatic rings. The number of aromatic carboxylic acids is 1. The molecule has 0 aliphatic heterocycles. The van der Waals surface area contributed by atoms with E-state index in [1.54, 1.807) is 18.2 Å². The Morgan fingerprint density at radius 1 is 1.57 bits per heavy atom. The van der Waals surface area contributed by atoms with Crippen molar-refractivity contribution >= 4 is 5.97 Å². The van der Waals surface area contributed by atoms with Crippen LogP contribution in [0.4, 0.5) is 0 Å². The number of carboxylic acids is 1. The highest BCUT2D eigenvalue weighted by molar-refractivity contribution is 5.87. The summed E-state index contributed by atoms with van der Waals surface area (Å²) in [5.41, 5.74) is 8.13. The summed E-state index contributed by atoms with van der Waals surface area (Å²) in [6, 6.07) is 5.04. The Morgan fingerprint density at radius 3 is 2.64 bits per heavy atom. The summed E-state index contributed by atoms with van der Waals surface area (Å²) in [6.45, 7) is 3.89. The number of nitrogens with two attached hydrogens (primary N) is 1. The second-order valence-corrected chi connectivity index (χ2v) is 3.36. The molecule has 3 nitrogen and oxygen atoms in total. The van der Waals surface area contributed by atoms with Gasteiger partial charge < -0.3 is 10.8 Å². The van der Waals surface area contributed by atoms with Crippen LogP contribution in [0, 0.1) is 0 Å². The molecule has 0 amide bonds. The van der Waals surface area contributed by atoms with Gasteiger partial charge in [-0.1, -0.05) is 13.0 Å². The van der Waals surface area contributed by atoms with Gasteiger partial charge >= 0.3 is 5.97 Å². The van der Waals surface area contributed by atoms with Crippen molar-refractivity contribution in [1.29, 1.82) is 0 Å². The maximum Gasteiger partial charge on any atom is 0.335 e. The fourth-order valence-electron chi connectivity index (χ4n) is 1.49. The summed E-state index contributed by atoms with van der Waals surface area (Å²) in [5, 5.41) is 8.80. The first kappa shape index (κ1) is 10.7. The fourth-order valence-corrected chi connectivity index (χ4v) is 1.49. The Bertz CT molecular complexity index is 345. The van der Waals surface area contributed by atoms with Gasteiger partial charge in [-0.25, -0.2) is 4.79 Å². The summed E-state index contributed by atoms with van der Waals surface area (Å²) in [6.07, 6.45) is 0.804. The molecular weight excluding hydrogens is 178 g/mol. The molecule has 1 atom stereocenters. The number of hydrogen-bond acceptors (Lipinski definition) is 2. The van der Waals surface area contributed by atoms with E-state index in [2.05, 4.69) is 0 Å². The van der Waals surface area contributed by atoms with Gasteiger partial charge in [0.2, 0.25) is 0 Å². The Balaban J connectivity index is 3.18. The first-order valence-electron chi connectivity index (χ1n) is 4.68.